The summed E-state index contributed by atoms with van der Waals surface area (Å²) in [5.41, 5.74) is 4.85. The predicted molar refractivity (Wildman–Crippen MR) is 118 cm³/mol. The predicted octanol–water partition coefficient (Wildman–Crippen LogP) is 5.35. The lowest BCUT2D eigenvalue weighted by molar-refractivity contribution is 0.103. The maximum absolute atomic E-state index is 13.9. The molecule has 0 saturated carbocycles. The van der Waals surface area contributed by atoms with E-state index in [1.165, 1.54) is 12.1 Å². The highest BCUT2D eigenvalue weighted by Gasteiger charge is 2.18. The molecule has 0 atom stereocenters. The molecule has 0 aliphatic carbocycles. The Balaban J connectivity index is 1.91. The molecule has 0 saturated heterocycles. The van der Waals surface area contributed by atoms with Crippen molar-refractivity contribution in [2.45, 2.75) is 27.3 Å². The molecular formula is C26H22FNO2. The van der Waals surface area contributed by atoms with Gasteiger partial charge in [0.15, 0.2) is 5.78 Å². The van der Waals surface area contributed by atoms with E-state index in [-0.39, 0.29) is 16.7 Å². The van der Waals surface area contributed by atoms with E-state index in [4.69, 9.17) is 0 Å². The van der Waals surface area contributed by atoms with Crippen LogP contribution in [0, 0.1) is 26.6 Å². The van der Waals surface area contributed by atoms with Gasteiger partial charge in [-0.1, -0.05) is 42.0 Å². The second kappa shape index (κ2) is 7.71. The summed E-state index contributed by atoms with van der Waals surface area (Å²) < 4.78 is 15.8. The third-order valence-electron chi connectivity index (χ3n) is 5.49. The minimum atomic E-state index is -0.502. The first-order chi connectivity index (χ1) is 14.3. The Kier molecular flexibility index (Phi) is 5.08. The van der Waals surface area contributed by atoms with Crippen LogP contribution in [0.2, 0.25) is 0 Å². The van der Waals surface area contributed by atoms with Crippen molar-refractivity contribution in [1.29, 1.82) is 0 Å². The van der Waals surface area contributed by atoms with Gasteiger partial charge in [0.2, 0.25) is 5.43 Å². The molecule has 0 spiro atoms. The number of benzene rings is 3. The highest BCUT2D eigenvalue weighted by molar-refractivity contribution is 6.10. The van der Waals surface area contributed by atoms with Crippen molar-refractivity contribution < 1.29 is 9.18 Å². The van der Waals surface area contributed by atoms with Gasteiger partial charge in [0.1, 0.15) is 5.82 Å². The van der Waals surface area contributed by atoms with Gasteiger partial charge in [-0.25, -0.2) is 4.39 Å². The van der Waals surface area contributed by atoms with Gasteiger partial charge in [-0.3, -0.25) is 9.59 Å². The lowest BCUT2D eigenvalue weighted by Gasteiger charge is -2.14. The number of carbonyl (C=O) groups is 1. The van der Waals surface area contributed by atoms with Crippen molar-refractivity contribution in [3.05, 3.63) is 116 Å². The number of hydrogen-bond donors (Lipinski definition) is 0. The lowest BCUT2D eigenvalue weighted by Crippen LogP contribution is -2.20. The Morgan fingerprint density at radius 3 is 2.47 bits per heavy atom. The van der Waals surface area contributed by atoms with Crippen molar-refractivity contribution in [3.8, 4) is 0 Å². The molecule has 4 aromatic rings. The molecule has 0 amide bonds. The van der Waals surface area contributed by atoms with Gasteiger partial charge in [0.05, 0.1) is 11.1 Å². The first-order valence-corrected chi connectivity index (χ1v) is 9.83. The molecule has 150 valence electrons. The first-order valence-electron chi connectivity index (χ1n) is 9.83. The van der Waals surface area contributed by atoms with E-state index in [1.54, 1.807) is 24.4 Å². The van der Waals surface area contributed by atoms with E-state index in [1.807, 2.05) is 49.6 Å². The fourth-order valence-electron chi connectivity index (χ4n) is 3.71. The summed E-state index contributed by atoms with van der Waals surface area (Å²) >= 11 is 0. The number of aryl methyl sites for hydroxylation is 3. The molecule has 0 fully saturated rings. The first kappa shape index (κ1) is 19.8. The van der Waals surface area contributed by atoms with Crippen LogP contribution in [0.3, 0.4) is 0 Å². The van der Waals surface area contributed by atoms with Crippen LogP contribution in [0.25, 0.3) is 10.9 Å². The Morgan fingerprint density at radius 1 is 0.933 bits per heavy atom. The Labute approximate surface area is 174 Å². The molecule has 4 rings (SSSR count). The summed E-state index contributed by atoms with van der Waals surface area (Å²) in [6, 6.07) is 17.5. The number of hydrogen-bond acceptors (Lipinski definition) is 2. The summed E-state index contributed by atoms with van der Waals surface area (Å²) in [6.45, 7) is 6.38. The number of pyridine rings is 1. The van der Waals surface area contributed by atoms with Crippen molar-refractivity contribution in [1.82, 2.24) is 4.57 Å². The summed E-state index contributed by atoms with van der Waals surface area (Å²) in [5, 5.41) is 0.206. The van der Waals surface area contributed by atoms with Crippen LogP contribution in [0.15, 0.2) is 71.7 Å². The number of rotatable bonds is 4. The summed E-state index contributed by atoms with van der Waals surface area (Å²) in [7, 11) is 0. The maximum atomic E-state index is 13.9. The number of aromatic nitrogens is 1. The van der Waals surface area contributed by atoms with E-state index >= 15 is 0 Å². The fourth-order valence-corrected chi connectivity index (χ4v) is 3.71. The third-order valence-corrected chi connectivity index (χ3v) is 5.49. The van der Waals surface area contributed by atoms with Crippen LogP contribution in [-0.4, -0.2) is 10.4 Å². The molecule has 0 aliphatic heterocycles. The zero-order valence-electron chi connectivity index (χ0n) is 17.2. The number of carbonyl (C=O) groups excluding carboxylic acids is 1. The Hall–Kier alpha value is -3.53. The number of nitrogens with zero attached hydrogens (tertiary/aromatic N) is 1. The second-order valence-electron chi connectivity index (χ2n) is 7.78. The van der Waals surface area contributed by atoms with Gasteiger partial charge in [0, 0.05) is 23.7 Å². The molecule has 1 aromatic heterocycles. The fraction of sp³-hybridized carbons (Fsp3) is 0.154. The quantitative estimate of drug-likeness (QED) is 0.434. The number of fused-ring (bicyclic) bond motifs is 1. The van der Waals surface area contributed by atoms with Gasteiger partial charge in [-0.2, -0.15) is 0 Å². The molecule has 1 heterocycles. The summed E-state index contributed by atoms with van der Waals surface area (Å²) in [5.74, 6) is -0.857. The molecule has 0 unspecified atom stereocenters. The molecular weight excluding hydrogens is 377 g/mol. The van der Waals surface area contributed by atoms with E-state index in [9.17, 15) is 14.0 Å². The van der Waals surface area contributed by atoms with Gasteiger partial charge in [-0.15, -0.1) is 0 Å². The van der Waals surface area contributed by atoms with E-state index in [2.05, 4.69) is 6.07 Å². The maximum Gasteiger partial charge on any atom is 0.200 e. The highest BCUT2D eigenvalue weighted by Crippen LogP contribution is 2.19. The molecule has 3 aromatic carbocycles. The van der Waals surface area contributed by atoms with E-state index in [0.29, 0.717) is 17.6 Å². The zero-order valence-corrected chi connectivity index (χ0v) is 17.2. The van der Waals surface area contributed by atoms with Crippen molar-refractivity contribution in [3.63, 3.8) is 0 Å². The average molecular weight is 399 g/mol. The zero-order chi connectivity index (χ0) is 21.4. The van der Waals surface area contributed by atoms with Crippen LogP contribution in [0.5, 0.6) is 0 Å². The smallest absolute Gasteiger partial charge is 0.200 e. The minimum Gasteiger partial charge on any atom is -0.342 e. The number of halogens is 1. The van der Waals surface area contributed by atoms with Crippen LogP contribution in [-0.2, 0) is 6.54 Å². The van der Waals surface area contributed by atoms with Gasteiger partial charge < -0.3 is 4.57 Å². The van der Waals surface area contributed by atoms with Crippen molar-refractivity contribution >= 4 is 16.7 Å². The molecule has 0 radical (unpaired) electrons. The monoisotopic (exact) mass is 399 g/mol. The molecule has 0 aliphatic rings. The normalized spacial score (nSPS) is 11.1. The van der Waals surface area contributed by atoms with E-state index in [0.717, 1.165) is 22.3 Å². The standard InChI is InChI=1S/C26H22FNO2/c1-16-5-4-6-19(11-16)14-28-15-23(25(29)20-8-7-17(2)18(3)12-20)26(30)22-13-21(27)9-10-24(22)28/h4-13,15H,14H2,1-3H3. The second-order valence-corrected chi connectivity index (χ2v) is 7.78. The van der Waals surface area contributed by atoms with Gasteiger partial charge in [0.25, 0.3) is 0 Å². The van der Waals surface area contributed by atoms with Crippen LogP contribution < -0.4 is 5.43 Å². The number of ketones is 1. The van der Waals surface area contributed by atoms with Gasteiger partial charge >= 0.3 is 0 Å². The van der Waals surface area contributed by atoms with Crippen molar-refractivity contribution in [2.24, 2.45) is 0 Å². The summed E-state index contributed by atoms with van der Waals surface area (Å²) in [6.07, 6.45) is 1.60. The minimum absolute atomic E-state index is 0.0454. The molecule has 0 bridgehead atoms. The summed E-state index contributed by atoms with van der Waals surface area (Å²) in [4.78, 5) is 26.3. The Bertz CT molecular complexity index is 1350. The largest absolute Gasteiger partial charge is 0.342 e. The van der Waals surface area contributed by atoms with E-state index < -0.39 is 11.2 Å². The van der Waals surface area contributed by atoms with Crippen LogP contribution in [0.1, 0.15) is 38.2 Å². The SMILES string of the molecule is Cc1cccc(Cn2cc(C(=O)c3ccc(C)c(C)c3)c(=O)c3cc(F)ccc32)c1. The Morgan fingerprint density at radius 2 is 1.73 bits per heavy atom. The topological polar surface area (TPSA) is 39.1 Å². The highest BCUT2D eigenvalue weighted by atomic mass is 19.1. The molecule has 30 heavy (non-hydrogen) atoms. The average Bonchev–Trinajstić information content (AvgIpc) is 2.71. The van der Waals surface area contributed by atoms with Crippen LogP contribution in [0.4, 0.5) is 4.39 Å². The third kappa shape index (κ3) is 3.69. The molecule has 3 nitrogen and oxygen atoms in total. The molecule has 4 heteroatoms. The van der Waals surface area contributed by atoms with Gasteiger partial charge in [-0.05, 0) is 61.7 Å². The lowest BCUT2D eigenvalue weighted by atomic mass is 9.98. The van der Waals surface area contributed by atoms with Crippen molar-refractivity contribution in [2.75, 3.05) is 0 Å². The van der Waals surface area contributed by atoms with Crippen LogP contribution >= 0.6 is 0 Å². The molecule has 0 N–H and O–H groups in total.